The molecule has 1 aromatic carbocycles. The van der Waals surface area contributed by atoms with Gasteiger partial charge >= 0.3 is 0 Å². The van der Waals surface area contributed by atoms with E-state index in [4.69, 9.17) is 26.7 Å². The number of hydrogen-bond acceptors (Lipinski definition) is 3. The first kappa shape index (κ1) is 14.6. The number of hydrogen-bond donors (Lipinski definition) is 3. The Kier molecular flexibility index (Phi) is 4.99. The SMILES string of the molecule is COc1ccc(C(C)N=C(N)N=C(N)N)cc1OC. The molecule has 0 aliphatic rings. The molecule has 1 unspecified atom stereocenters. The molecule has 0 amide bonds. The Morgan fingerprint density at radius 3 is 2.26 bits per heavy atom. The van der Waals surface area contributed by atoms with E-state index in [1.54, 1.807) is 20.3 Å². The van der Waals surface area contributed by atoms with Gasteiger partial charge in [-0.1, -0.05) is 6.07 Å². The lowest BCUT2D eigenvalue weighted by Gasteiger charge is -2.12. The van der Waals surface area contributed by atoms with Gasteiger partial charge in [0, 0.05) is 0 Å². The van der Waals surface area contributed by atoms with Crippen LogP contribution in [0.5, 0.6) is 11.5 Å². The fourth-order valence-corrected chi connectivity index (χ4v) is 1.55. The maximum Gasteiger partial charge on any atom is 0.219 e. The summed E-state index contributed by atoms with van der Waals surface area (Å²) in [6.07, 6.45) is 0. The van der Waals surface area contributed by atoms with E-state index >= 15 is 0 Å². The standard InChI is InChI=1S/C12H19N5O2/c1-7(16-12(15)17-11(13)14)8-4-5-9(18-2)10(6-8)19-3/h4-7H,1-3H3,(H6,13,14,15,16,17). The second-order valence-corrected chi connectivity index (χ2v) is 3.81. The van der Waals surface area contributed by atoms with Crippen molar-refractivity contribution < 1.29 is 9.47 Å². The fourth-order valence-electron chi connectivity index (χ4n) is 1.55. The maximum atomic E-state index is 5.59. The minimum atomic E-state index is -0.206. The highest BCUT2D eigenvalue weighted by Crippen LogP contribution is 2.30. The van der Waals surface area contributed by atoms with E-state index < -0.39 is 0 Å². The Labute approximate surface area is 112 Å². The topological polar surface area (TPSA) is 121 Å². The molecule has 0 radical (unpaired) electrons. The summed E-state index contributed by atoms with van der Waals surface area (Å²) >= 11 is 0. The molecule has 0 aliphatic carbocycles. The zero-order valence-electron chi connectivity index (χ0n) is 11.3. The number of nitrogens with two attached hydrogens (primary N) is 3. The van der Waals surface area contributed by atoms with Crippen LogP contribution < -0.4 is 26.7 Å². The van der Waals surface area contributed by atoms with Crippen LogP contribution in [0, 0.1) is 0 Å². The molecule has 104 valence electrons. The van der Waals surface area contributed by atoms with Gasteiger partial charge in [0.15, 0.2) is 17.5 Å². The van der Waals surface area contributed by atoms with Gasteiger partial charge in [-0.25, -0.2) is 4.99 Å². The molecule has 19 heavy (non-hydrogen) atoms. The third kappa shape index (κ3) is 4.06. The number of benzene rings is 1. The molecule has 0 bridgehead atoms. The van der Waals surface area contributed by atoms with Crippen LogP contribution in [0.15, 0.2) is 28.2 Å². The van der Waals surface area contributed by atoms with Gasteiger partial charge in [-0.2, -0.15) is 4.99 Å². The largest absolute Gasteiger partial charge is 0.493 e. The van der Waals surface area contributed by atoms with Crippen LogP contribution in [0.1, 0.15) is 18.5 Å². The Bertz CT molecular complexity index is 495. The van der Waals surface area contributed by atoms with E-state index in [0.29, 0.717) is 11.5 Å². The average molecular weight is 265 g/mol. The minimum Gasteiger partial charge on any atom is -0.493 e. The predicted molar refractivity (Wildman–Crippen MR) is 75.4 cm³/mol. The van der Waals surface area contributed by atoms with Gasteiger partial charge < -0.3 is 26.7 Å². The van der Waals surface area contributed by atoms with E-state index in [2.05, 4.69) is 9.98 Å². The van der Waals surface area contributed by atoms with Crippen LogP contribution in [-0.4, -0.2) is 26.1 Å². The van der Waals surface area contributed by atoms with Crippen molar-refractivity contribution in [1.29, 1.82) is 0 Å². The van der Waals surface area contributed by atoms with E-state index in [9.17, 15) is 0 Å². The zero-order chi connectivity index (χ0) is 14.4. The summed E-state index contributed by atoms with van der Waals surface area (Å²) in [5.41, 5.74) is 16.9. The van der Waals surface area contributed by atoms with Gasteiger partial charge in [0.2, 0.25) is 5.96 Å². The van der Waals surface area contributed by atoms with Gasteiger partial charge in [0.05, 0.1) is 20.3 Å². The lowest BCUT2D eigenvalue weighted by atomic mass is 10.1. The molecule has 6 N–H and O–H groups in total. The monoisotopic (exact) mass is 265 g/mol. The Balaban J connectivity index is 3.00. The van der Waals surface area contributed by atoms with Crippen molar-refractivity contribution in [3.05, 3.63) is 23.8 Å². The van der Waals surface area contributed by atoms with Crippen LogP contribution in [-0.2, 0) is 0 Å². The first-order valence-electron chi connectivity index (χ1n) is 5.62. The molecule has 0 aromatic heterocycles. The van der Waals surface area contributed by atoms with Crippen LogP contribution in [0.25, 0.3) is 0 Å². The summed E-state index contributed by atoms with van der Waals surface area (Å²) in [7, 11) is 3.15. The van der Waals surface area contributed by atoms with Crippen LogP contribution in [0.3, 0.4) is 0 Å². The Hall–Kier alpha value is -2.44. The molecule has 1 atom stereocenters. The lowest BCUT2D eigenvalue weighted by Crippen LogP contribution is -2.26. The summed E-state index contributed by atoms with van der Waals surface area (Å²) in [5, 5.41) is 0. The van der Waals surface area contributed by atoms with E-state index in [0.717, 1.165) is 5.56 Å². The molecule has 1 rings (SSSR count). The predicted octanol–water partition coefficient (Wildman–Crippen LogP) is 0.353. The molecule has 7 heteroatoms. The molecule has 0 saturated heterocycles. The smallest absolute Gasteiger partial charge is 0.219 e. The van der Waals surface area contributed by atoms with Crippen LogP contribution in [0.4, 0.5) is 0 Å². The fraction of sp³-hybridized carbons (Fsp3) is 0.333. The van der Waals surface area contributed by atoms with Crippen molar-refractivity contribution in [3.8, 4) is 11.5 Å². The first-order valence-corrected chi connectivity index (χ1v) is 5.62. The second kappa shape index (κ2) is 6.48. The summed E-state index contributed by atoms with van der Waals surface area (Å²) in [5.74, 6) is 1.19. The third-order valence-corrected chi connectivity index (χ3v) is 2.46. The maximum absolute atomic E-state index is 5.59. The molecular formula is C12H19N5O2. The minimum absolute atomic E-state index is 0.0299. The van der Waals surface area contributed by atoms with Gasteiger partial charge in [-0.3, -0.25) is 0 Å². The number of ether oxygens (including phenoxy) is 2. The lowest BCUT2D eigenvalue weighted by molar-refractivity contribution is 0.354. The zero-order valence-corrected chi connectivity index (χ0v) is 11.3. The highest BCUT2D eigenvalue weighted by atomic mass is 16.5. The van der Waals surface area contributed by atoms with E-state index in [1.165, 1.54) is 0 Å². The Morgan fingerprint density at radius 1 is 1.11 bits per heavy atom. The number of rotatable bonds is 4. The average Bonchev–Trinajstić information content (AvgIpc) is 2.36. The molecule has 0 spiro atoms. The van der Waals surface area contributed by atoms with E-state index in [-0.39, 0.29) is 18.0 Å². The summed E-state index contributed by atoms with van der Waals surface area (Å²) < 4.78 is 10.4. The molecular weight excluding hydrogens is 246 g/mol. The van der Waals surface area contributed by atoms with Gasteiger partial charge in [0.25, 0.3) is 0 Å². The molecule has 0 saturated carbocycles. The van der Waals surface area contributed by atoms with Crippen molar-refractivity contribution in [2.75, 3.05) is 14.2 Å². The highest BCUT2D eigenvalue weighted by molar-refractivity contribution is 5.92. The Morgan fingerprint density at radius 2 is 1.74 bits per heavy atom. The van der Waals surface area contributed by atoms with Gasteiger partial charge in [-0.05, 0) is 24.6 Å². The molecule has 7 nitrogen and oxygen atoms in total. The normalized spacial score (nSPS) is 12.7. The highest BCUT2D eigenvalue weighted by Gasteiger charge is 2.09. The molecule has 0 aliphatic heterocycles. The van der Waals surface area contributed by atoms with Crippen molar-refractivity contribution in [3.63, 3.8) is 0 Å². The van der Waals surface area contributed by atoms with E-state index in [1.807, 2.05) is 19.1 Å². The number of guanidine groups is 2. The van der Waals surface area contributed by atoms with Crippen molar-refractivity contribution >= 4 is 11.9 Å². The number of aliphatic imine (C=N–C) groups is 2. The van der Waals surface area contributed by atoms with Gasteiger partial charge in [0.1, 0.15) is 0 Å². The number of methoxy groups -OCH3 is 2. The van der Waals surface area contributed by atoms with Gasteiger partial charge in [-0.15, -0.1) is 0 Å². The molecule has 0 fully saturated rings. The summed E-state index contributed by atoms with van der Waals surface area (Å²) in [4.78, 5) is 7.83. The van der Waals surface area contributed by atoms with Crippen LogP contribution in [0.2, 0.25) is 0 Å². The number of nitrogens with zero attached hydrogens (tertiary/aromatic N) is 2. The summed E-state index contributed by atoms with van der Waals surface area (Å²) in [6, 6.07) is 5.30. The van der Waals surface area contributed by atoms with Crippen molar-refractivity contribution in [2.45, 2.75) is 13.0 Å². The quantitative estimate of drug-likeness (QED) is 0.536. The first-order chi connectivity index (χ1) is 8.97. The molecule has 0 heterocycles. The van der Waals surface area contributed by atoms with Crippen molar-refractivity contribution in [1.82, 2.24) is 0 Å². The molecule has 1 aromatic rings. The summed E-state index contributed by atoms with van der Waals surface area (Å²) in [6.45, 7) is 1.87. The van der Waals surface area contributed by atoms with Crippen LogP contribution >= 0.6 is 0 Å². The van der Waals surface area contributed by atoms with Crippen molar-refractivity contribution in [2.24, 2.45) is 27.2 Å². The second-order valence-electron chi connectivity index (χ2n) is 3.81. The third-order valence-electron chi connectivity index (χ3n) is 2.46.